The van der Waals surface area contributed by atoms with E-state index in [9.17, 15) is 9.00 Å². The maximum Gasteiger partial charge on any atom is 0.185 e. The van der Waals surface area contributed by atoms with Crippen molar-refractivity contribution in [3.63, 3.8) is 0 Å². The summed E-state index contributed by atoms with van der Waals surface area (Å²) in [4.78, 5) is 12.5. The fourth-order valence-electron chi connectivity index (χ4n) is 1.52. The first-order valence-electron chi connectivity index (χ1n) is 5.43. The molecule has 2 rings (SSSR count). The van der Waals surface area contributed by atoms with Gasteiger partial charge in [-0.05, 0) is 39.7 Å². The highest BCUT2D eigenvalue weighted by atomic mass is 79.9. The third-order valence-electron chi connectivity index (χ3n) is 2.41. The van der Waals surface area contributed by atoms with Crippen molar-refractivity contribution in [2.24, 2.45) is 0 Å². The largest absolute Gasteiger partial charge is 0.292 e. The molecule has 0 amide bonds. The molecular formula is C13H10BrClO2S2. The molecule has 0 aliphatic carbocycles. The summed E-state index contributed by atoms with van der Waals surface area (Å²) in [7, 11) is -1.25. The number of carbonyl (C=O) groups is 1. The van der Waals surface area contributed by atoms with Gasteiger partial charge in [-0.25, -0.2) is 0 Å². The van der Waals surface area contributed by atoms with E-state index in [1.165, 1.54) is 11.3 Å². The minimum Gasteiger partial charge on any atom is -0.292 e. The minimum atomic E-state index is -1.25. The van der Waals surface area contributed by atoms with E-state index in [0.717, 1.165) is 9.35 Å². The molecule has 0 N–H and O–H groups in total. The van der Waals surface area contributed by atoms with Crippen LogP contribution in [0.2, 0.25) is 5.02 Å². The van der Waals surface area contributed by atoms with Gasteiger partial charge in [0, 0.05) is 15.8 Å². The number of hydrogen-bond donors (Lipinski definition) is 0. The van der Waals surface area contributed by atoms with Crippen molar-refractivity contribution in [3.05, 3.63) is 55.6 Å². The molecule has 100 valence electrons. The number of benzene rings is 1. The fraction of sp³-hybridized carbons (Fsp3) is 0.154. The lowest BCUT2D eigenvalue weighted by molar-refractivity contribution is 0.102. The highest BCUT2D eigenvalue weighted by Crippen LogP contribution is 2.23. The Labute approximate surface area is 131 Å². The maximum atomic E-state index is 12.0. The van der Waals surface area contributed by atoms with Gasteiger partial charge in [-0.2, -0.15) is 0 Å². The van der Waals surface area contributed by atoms with E-state index < -0.39 is 10.8 Å². The lowest BCUT2D eigenvalue weighted by atomic mass is 10.2. The first kappa shape index (κ1) is 14.9. The number of hydrogen-bond acceptors (Lipinski definition) is 3. The Morgan fingerprint density at radius 2 is 2.00 bits per heavy atom. The van der Waals surface area contributed by atoms with E-state index in [1.807, 2.05) is 24.3 Å². The van der Waals surface area contributed by atoms with Crippen LogP contribution in [0.15, 0.2) is 40.2 Å². The monoisotopic (exact) mass is 376 g/mol. The highest BCUT2D eigenvalue weighted by Gasteiger charge is 2.14. The van der Waals surface area contributed by atoms with Gasteiger partial charge in [0.15, 0.2) is 5.78 Å². The standard InChI is InChI=1S/C13H10BrClO2S2/c14-13-6-5-12(18-13)11(16)8-19(17)7-9-3-1-2-4-10(9)15/h1-6H,7-8H2. The van der Waals surface area contributed by atoms with Gasteiger partial charge in [0.05, 0.1) is 20.2 Å². The van der Waals surface area contributed by atoms with E-state index in [1.54, 1.807) is 12.1 Å². The van der Waals surface area contributed by atoms with E-state index >= 15 is 0 Å². The Hall–Kier alpha value is -0.490. The van der Waals surface area contributed by atoms with Gasteiger partial charge in [0.25, 0.3) is 0 Å². The van der Waals surface area contributed by atoms with Crippen LogP contribution >= 0.6 is 38.9 Å². The van der Waals surface area contributed by atoms with Crippen LogP contribution in [0.5, 0.6) is 0 Å². The van der Waals surface area contributed by atoms with Gasteiger partial charge in [-0.1, -0.05) is 29.8 Å². The fourth-order valence-corrected chi connectivity index (χ4v) is 4.37. The van der Waals surface area contributed by atoms with Gasteiger partial charge in [0.2, 0.25) is 0 Å². The van der Waals surface area contributed by atoms with Crippen LogP contribution in [0.4, 0.5) is 0 Å². The van der Waals surface area contributed by atoms with Crippen molar-refractivity contribution in [2.45, 2.75) is 5.75 Å². The van der Waals surface area contributed by atoms with E-state index in [4.69, 9.17) is 11.6 Å². The smallest absolute Gasteiger partial charge is 0.185 e. The topological polar surface area (TPSA) is 34.1 Å². The second-order valence-electron chi connectivity index (χ2n) is 3.85. The number of thiophene rings is 1. The Morgan fingerprint density at radius 3 is 2.63 bits per heavy atom. The zero-order valence-corrected chi connectivity index (χ0v) is 13.7. The van der Waals surface area contributed by atoms with Crippen molar-refractivity contribution in [1.82, 2.24) is 0 Å². The molecule has 1 atom stereocenters. The number of halogens is 2. The number of Topliss-reactive ketones (excluding diaryl/α,β-unsaturated/α-hetero) is 1. The molecule has 0 aliphatic rings. The molecule has 0 fully saturated rings. The van der Waals surface area contributed by atoms with E-state index in [2.05, 4.69) is 15.9 Å². The summed E-state index contributed by atoms with van der Waals surface area (Å²) in [5.74, 6) is 0.233. The summed E-state index contributed by atoms with van der Waals surface area (Å²) in [6.07, 6.45) is 0. The molecule has 1 heterocycles. The highest BCUT2D eigenvalue weighted by molar-refractivity contribution is 9.11. The van der Waals surface area contributed by atoms with Crippen LogP contribution in [0.25, 0.3) is 0 Å². The van der Waals surface area contributed by atoms with Crippen LogP contribution in [0.1, 0.15) is 15.2 Å². The molecule has 2 nitrogen and oxygen atoms in total. The molecule has 0 saturated carbocycles. The predicted octanol–water partition coefficient (Wildman–Crippen LogP) is 4.30. The molecule has 1 aromatic heterocycles. The normalized spacial score (nSPS) is 12.3. The van der Waals surface area contributed by atoms with Crippen LogP contribution < -0.4 is 0 Å². The van der Waals surface area contributed by atoms with Gasteiger partial charge in [-0.3, -0.25) is 9.00 Å². The molecule has 0 spiro atoms. The molecule has 0 aliphatic heterocycles. The lowest BCUT2D eigenvalue weighted by Crippen LogP contribution is -2.11. The molecule has 19 heavy (non-hydrogen) atoms. The third kappa shape index (κ3) is 4.24. The Bertz CT molecular complexity index is 625. The molecule has 0 radical (unpaired) electrons. The third-order valence-corrected chi connectivity index (χ3v) is 5.67. The number of ketones is 1. The number of rotatable bonds is 5. The molecule has 0 saturated heterocycles. The minimum absolute atomic E-state index is 0.0260. The predicted molar refractivity (Wildman–Crippen MR) is 84.5 cm³/mol. The van der Waals surface area contributed by atoms with Gasteiger partial charge in [0.1, 0.15) is 0 Å². The van der Waals surface area contributed by atoms with E-state index in [-0.39, 0.29) is 11.5 Å². The quantitative estimate of drug-likeness (QED) is 0.728. The van der Waals surface area contributed by atoms with Crippen molar-refractivity contribution in [3.8, 4) is 0 Å². The summed E-state index contributed by atoms with van der Waals surface area (Å²) in [6.45, 7) is 0. The maximum absolute atomic E-state index is 12.0. The molecule has 0 bridgehead atoms. The summed E-state index contributed by atoms with van der Waals surface area (Å²) < 4.78 is 12.9. The Morgan fingerprint density at radius 1 is 1.26 bits per heavy atom. The lowest BCUT2D eigenvalue weighted by Gasteiger charge is -2.03. The van der Waals surface area contributed by atoms with Gasteiger partial charge in [-0.15, -0.1) is 11.3 Å². The molecule has 6 heteroatoms. The first-order valence-corrected chi connectivity index (χ1v) is 8.90. The second kappa shape index (κ2) is 6.79. The SMILES string of the molecule is O=C(CS(=O)Cc1ccccc1Cl)c1ccc(Br)s1. The zero-order chi connectivity index (χ0) is 13.8. The van der Waals surface area contributed by atoms with Crippen molar-refractivity contribution >= 4 is 55.5 Å². The summed E-state index contributed by atoms with van der Waals surface area (Å²) in [5, 5.41) is 0.585. The van der Waals surface area contributed by atoms with Crippen molar-refractivity contribution in [2.75, 3.05) is 5.75 Å². The Kier molecular flexibility index (Phi) is 5.33. The summed E-state index contributed by atoms with van der Waals surface area (Å²) >= 11 is 10.7. The molecule has 1 aromatic carbocycles. The van der Waals surface area contributed by atoms with E-state index in [0.29, 0.717) is 15.7 Å². The average molecular weight is 378 g/mol. The Balaban J connectivity index is 1.99. The molecule has 2 aromatic rings. The van der Waals surface area contributed by atoms with Crippen LogP contribution in [-0.4, -0.2) is 15.7 Å². The van der Waals surface area contributed by atoms with Crippen molar-refractivity contribution in [1.29, 1.82) is 0 Å². The second-order valence-corrected chi connectivity index (χ2v) is 8.17. The van der Waals surface area contributed by atoms with Gasteiger partial charge < -0.3 is 0 Å². The molecular weight excluding hydrogens is 368 g/mol. The van der Waals surface area contributed by atoms with Crippen LogP contribution in [-0.2, 0) is 16.6 Å². The van der Waals surface area contributed by atoms with Crippen molar-refractivity contribution < 1.29 is 9.00 Å². The molecule has 1 unspecified atom stereocenters. The number of carbonyl (C=O) groups excluding carboxylic acids is 1. The van der Waals surface area contributed by atoms with Crippen LogP contribution in [0.3, 0.4) is 0 Å². The van der Waals surface area contributed by atoms with Crippen LogP contribution in [0, 0.1) is 0 Å². The summed E-state index contributed by atoms with van der Waals surface area (Å²) in [6, 6.07) is 10.8. The summed E-state index contributed by atoms with van der Waals surface area (Å²) in [5.41, 5.74) is 0.808. The zero-order valence-electron chi connectivity index (χ0n) is 9.77. The first-order chi connectivity index (χ1) is 9.06. The van der Waals surface area contributed by atoms with Gasteiger partial charge >= 0.3 is 0 Å². The average Bonchev–Trinajstić information content (AvgIpc) is 2.79.